The minimum absolute atomic E-state index is 0.592. The Balaban J connectivity index is 1.89. The largest absolute Gasteiger partial charge is 0.330 e. The summed E-state index contributed by atoms with van der Waals surface area (Å²) in [6, 6.07) is 10.0. The van der Waals surface area contributed by atoms with Crippen molar-refractivity contribution in [2.75, 3.05) is 11.1 Å². The van der Waals surface area contributed by atoms with Crippen molar-refractivity contribution >= 4 is 49.8 Å². The van der Waals surface area contributed by atoms with E-state index in [-0.39, 0.29) is 0 Å². The standard InChI is InChI=1S/C12H11BrN4S2/c13-9-4-3-5-10(8-9)15-11-16-17-12(19-11)18-7-2-1-6-14/h3-5,8H,1-2,7H2,(H,15,16). The summed E-state index contributed by atoms with van der Waals surface area (Å²) in [5, 5.41) is 20.7. The van der Waals surface area contributed by atoms with Crippen LogP contribution >= 0.6 is 39.0 Å². The highest BCUT2D eigenvalue weighted by atomic mass is 79.9. The molecule has 0 saturated heterocycles. The predicted octanol–water partition coefficient (Wildman–Crippen LogP) is 4.44. The molecule has 0 bridgehead atoms. The van der Waals surface area contributed by atoms with E-state index in [2.05, 4.69) is 37.5 Å². The van der Waals surface area contributed by atoms with Crippen LogP contribution in [-0.2, 0) is 0 Å². The first-order valence-corrected chi connectivity index (χ1v) is 8.23. The Morgan fingerprint density at radius 2 is 2.32 bits per heavy atom. The molecule has 0 unspecified atom stereocenters. The number of hydrogen-bond donors (Lipinski definition) is 1. The number of unbranched alkanes of at least 4 members (excludes halogenated alkanes) is 1. The third-order valence-corrected chi connectivity index (χ3v) is 4.69. The van der Waals surface area contributed by atoms with Crippen molar-refractivity contribution < 1.29 is 0 Å². The van der Waals surface area contributed by atoms with Crippen LogP contribution in [0, 0.1) is 11.3 Å². The zero-order valence-electron chi connectivity index (χ0n) is 9.97. The molecular formula is C12H11BrN4S2. The zero-order chi connectivity index (χ0) is 13.5. The van der Waals surface area contributed by atoms with Gasteiger partial charge in [-0.05, 0) is 24.6 Å². The molecule has 0 radical (unpaired) electrons. The Morgan fingerprint density at radius 3 is 3.11 bits per heavy atom. The Kier molecular flexibility index (Phi) is 5.63. The lowest BCUT2D eigenvalue weighted by molar-refractivity contribution is 0.971. The maximum Gasteiger partial charge on any atom is 0.210 e. The maximum atomic E-state index is 8.46. The molecule has 0 fully saturated rings. The third-order valence-electron chi connectivity index (χ3n) is 2.14. The van der Waals surface area contributed by atoms with Gasteiger partial charge in [0, 0.05) is 22.3 Å². The molecule has 0 amide bonds. The van der Waals surface area contributed by atoms with E-state index in [1.54, 1.807) is 11.8 Å². The number of hydrogen-bond acceptors (Lipinski definition) is 6. The van der Waals surface area contributed by atoms with E-state index in [0.29, 0.717) is 6.42 Å². The van der Waals surface area contributed by atoms with Crippen molar-refractivity contribution in [3.63, 3.8) is 0 Å². The molecular weight excluding hydrogens is 344 g/mol. The predicted molar refractivity (Wildman–Crippen MR) is 82.9 cm³/mol. The number of nitrogens with one attached hydrogen (secondary N) is 1. The fourth-order valence-corrected chi connectivity index (χ4v) is 3.50. The van der Waals surface area contributed by atoms with Gasteiger partial charge in [0.1, 0.15) is 0 Å². The van der Waals surface area contributed by atoms with Crippen LogP contribution < -0.4 is 5.32 Å². The van der Waals surface area contributed by atoms with Crippen LogP contribution in [0.3, 0.4) is 0 Å². The summed E-state index contributed by atoms with van der Waals surface area (Å²) in [4.78, 5) is 0. The number of halogens is 1. The molecule has 98 valence electrons. The second kappa shape index (κ2) is 7.48. The lowest BCUT2D eigenvalue weighted by Gasteiger charge is -2.01. The van der Waals surface area contributed by atoms with Gasteiger partial charge in [-0.25, -0.2) is 0 Å². The van der Waals surface area contributed by atoms with Gasteiger partial charge in [-0.15, -0.1) is 10.2 Å². The van der Waals surface area contributed by atoms with Crippen LogP contribution in [0.5, 0.6) is 0 Å². The number of rotatable bonds is 6. The number of benzene rings is 1. The first kappa shape index (κ1) is 14.3. The molecule has 0 spiro atoms. The first-order valence-electron chi connectivity index (χ1n) is 5.64. The molecule has 4 nitrogen and oxygen atoms in total. The minimum Gasteiger partial charge on any atom is -0.330 e. The molecule has 1 heterocycles. The van der Waals surface area contributed by atoms with E-state index in [1.165, 1.54) is 11.3 Å². The van der Waals surface area contributed by atoms with Crippen molar-refractivity contribution in [1.29, 1.82) is 5.26 Å². The van der Waals surface area contributed by atoms with E-state index in [1.807, 2.05) is 24.3 Å². The average molecular weight is 355 g/mol. The van der Waals surface area contributed by atoms with E-state index >= 15 is 0 Å². The van der Waals surface area contributed by atoms with Crippen LogP contribution in [-0.4, -0.2) is 16.0 Å². The quantitative estimate of drug-likeness (QED) is 0.613. The van der Waals surface area contributed by atoms with Crippen molar-refractivity contribution in [2.24, 2.45) is 0 Å². The van der Waals surface area contributed by atoms with Gasteiger partial charge in [-0.3, -0.25) is 0 Å². The Bertz CT molecular complexity index is 579. The highest BCUT2D eigenvalue weighted by molar-refractivity contribution is 9.10. The highest BCUT2D eigenvalue weighted by Crippen LogP contribution is 2.28. The van der Waals surface area contributed by atoms with E-state index in [4.69, 9.17) is 5.26 Å². The Hall–Kier alpha value is -1.10. The highest BCUT2D eigenvalue weighted by Gasteiger charge is 2.05. The van der Waals surface area contributed by atoms with Gasteiger partial charge in [0.2, 0.25) is 5.13 Å². The van der Waals surface area contributed by atoms with Crippen LogP contribution in [0.1, 0.15) is 12.8 Å². The number of thioether (sulfide) groups is 1. The van der Waals surface area contributed by atoms with E-state index < -0.39 is 0 Å². The van der Waals surface area contributed by atoms with Crippen LogP contribution in [0.25, 0.3) is 0 Å². The van der Waals surface area contributed by atoms with Crippen LogP contribution in [0.15, 0.2) is 33.1 Å². The smallest absolute Gasteiger partial charge is 0.210 e. The van der Waals surface area contributed by atoms with Crippen molar-refractivity contribution in [3.05, 3.63) is 28.7 Å². The SMILES string of the molecule is N#CCCCSc1nnc(Nc2cccc(Br)c2)s1. The molecule has 19 heavy (non-hydrogen) atoms. The summed E-state index contributed by atoms with van der Waals surface area (Å²) in [5.41, 5.74) is 0.978. The van der Waals surface area contributed by atoms with Gasteiger partial charge in [0.15, 0.2) is 4.34 Å². The summed E-state index contributed by atoms with van der Waals surface area (Å²) < 4.78 is 1.95. The number of nitrogens with zero attached hydrogens (tertiary/aromatic N) is 3. The van der Waals surface area contributed by atoms with Gasteiger partial charge >= 0.3 is 0 Å². The lowest BCUT2D eigenvalue weighted by atomic mass is 10.3. The van der Waals surface area contributed by atoms with Crippen molar-refractivity contribution in [3.8, 4) is 6.07 Å². The molecule has 1 aromatic heterocycles. The lowest BCUT2D eigenvalue weighted by Crippen LogP contribution is -1.88. The Morgan fingerprint density at radius 1 is 1.42 bits per heavy atom. The van der Waals surface area contributed by atoms with E-state index in [0.717, 1.165) is 31.8 Å². The molecule has 0 atom stereocenters. The van der Waals surface area contributed by atoms with Gasteiger partial charge in [0.25, 0.3) is 0 Å². The number of anilines is 2. The molecule has 2 aromatic rings. The molecule has 1 aromatic carbocycles. The topological polar surface area (TPSA) is 61.6 Å². The average Bonchev–Trinajstić information content (AvgIpc) is 2.82. The summed E-state index contributed by atoms with van der Waals surface area (Å²) in [6.45, 7) is 0. The molecule has 0 saturated carbocycles. The Labute approximate surface area is 128 Å². The zero-order valence-corrected chi connectivity index (χ0v) is 13.2. The number of aromatic nitrogens is 2. The molecule has 2 rings (SSSR count). The summed E-state index contributed by atoms with van der Waals surface area (Å²) in [7, 11) is 0. The second-order valence-corrected chi connectivity index (χ2v) is 6.85. The first-order chi connectivity index (χ1) is 9.28. The monoisotopic (exact) mass is 354 g/mol. The normalized spacial score (nSPS) is 10.1. The maximum absolute atomic E-state index is 8.46. The van der Waals surface area contributed by atoms with Crippen molar-refractivity contribution in [2.45, 2.75) is 17.2 Å². The third kappa shape index (κ3) is 4.82. The van der Waals surface area contributed by atoms with Crippen molar-refractivity contribution in [1.82, 2.24) is 10.2 Å². The fourth-order valence-electron chi connectivity index (χ4n) is 1.32. The summed E-state index contributed by atoms with van der Waals surface area (Å²) in [6.07, 6.45) is 1.48. The molecule has 0 aliphatic rings. The van der Waals surface area contributed by atoms with Gasteiger partial charge in [-0.2, -0.15) is 5.26 Å². The van der Waals surface area contributed by atoms with Crippen LogP contribution in [0.2, 0.25) is 0 Å². The molecule has 7 heteroatoms. The van der Waals surface area contributed by atoms with Gasteiger partial charge in [0.05, 0.1) is 6.07 Å². The minimum atomic E-state index is 0.592. The van der Waals surface area contributed by atoms with E-state index in [9.17, 15) is 0 Å². The number of nitriles is 1. The van der Waals surface area contributed by atoms with Gasteiger partial charge < -0.3 is 5.32 Å². The summed E-state index contributed by atoms with van der Waals surface area (Å²) in [5.74, 6) is 0.902. The van der Waals surface area contributed by atoms with Gasteiger partial charge in [-0.1, -0.05) is 45.1 Å². The fraction of sp³-hybridized carbons (Fsp3) is 0.250. The molecule has 1 N–H and O–H groups in total. The molecule has 0 aliphatic carbocycles. The summed E-state index contributed by atoms with van der Waals surface area (Å²) >= 11 is 6.59. The second-order valence-electron chi connectivity index (χ2n) is 3.62. The van der Waals surface area contributed by atoms with Crippen LogP contribution in [0.4, 0.5) is 10.8 Å². The molecule has 0 aliphatic heterocycles.